The second-order valence-corrected chi connectivity index (χ2v) is 10.1. The molecule has 1 aromatic heterocycles. The minimum atomic E-state index is -0.585. The van der Waals surface area contributed by atoms with Gasteiger partial charge in [0.25, 0.3) is 0 Å². The molecule has 0 unspecified atom stereocenters. The van der Waals surface area contributed by atoms with Crippen LogP contribution >= 0.6 is 27.7 Å². The second-order valence-electron chi connectivity index (χ2n) is 8.16. The van der Waals surface area contributed by atoms with Gasteiger partial charge in [-0.25, -0.2) is 9.79 Å². The van der Waals surface area contributed by atoms with E-state index < -0.39 is 5.97 Å². The van der Waals surface area contributed by atoms with E-state index in [0.29, 0.717) is 22.2 Å². The van der Waals surface area contributed by atoms with Crippen LogP contribution in [0.1, 0.15) is 18.1 Å². The largest absolute Gasteiger partial charge is 0.506 e. The maximum Gasteiger partial charge on any atom is 0.344 e. The Morgan fingerprint density at radius 3 is 2.53 bits per heavy atom. The number of para-hydroxylation sites is 2. The first-order valence-electron chi connectivity index (χ1n) is 11.5. The van der Waals surface area contributed by atoms with Crippen LogP contribution < -0.4 is 0 Å². The summed E-state index contributed by atoms with van der Waals surface area (Å²) in [5, 5.41) is 12.6. The summed E-state index contributed by atoms with van der Waals surface area (Å²) in [5.74, 6) is -0.698. The number of carbonyl (C=O) groups excluding carboxylic acids is 1. The number of halogens is 1. The number of aliphatic hydroxyl groups is 1. The third kappa shape index (κ3) is 5.03. The number of ether oxygens (including phenoxy) is 1. The highest BCUT2D eigenvalue weighted by atomic mass is 79.9. The molecule has 0 fully saturated rings. The Balaban J connectivity index is 1.56. The standard InChI is InChI=1S/C29H23BrN2O3S/c1-2-35-29(34)26-27(33)25(36-28(26)31-22-8-4-3-5-9-22)16-20-18-32(24-11-7-6-10-23(20)24)17-19-12-14-21(30)15-13-19/h3-16,18,33H,2,17H2,1H3/b25-16-,31-28?. The fourth-order valence-corrected chi connectivity index (χ4v) is 5.35. The van der Waals surface area contributed by atoms with Crippen molar-refractivity contribution in [3.05, 3.63) is 117 Å². The van der Waals surface area contributed by atoms with E-state index in [4.69, 9.17) is 4.74 Å². The van der Waals surface area contributed by atoms with Crippen molar-refractivity contribution < 1.29 is 14.6 Å². The Morgan fingerprint density at radius 2 is 1.78 bits per heavy atom. The molecule has 0 saturated carbocycles. The molecule has 0 saturated heterocycles. The highest BCUT2D eigenvalue weighted by Crippen LogP contribution is 2.41. The molecule has 5 rings (SSSR count). The molecule has 36 heavy (non-hydrogen) atoms. The molecule has 0 atom stereocenters. The van der Waals surface area contributed by atoms with Crippen LogP contribution in [0.25, 0.3) is 17.0 Å². The first kappa shape index (κ1) is 24.2. The number of fused-ring (bicyclic) bond motifs is 1. The Bertz CT molecular complexity index is 1520. The van der Waals surface area contributed by atoms with E-state index in [-0.39, 0.29) is 17.9 Å². The van der Waals surface area contributed by atoms with Crippen molar-refractivity contribution in [1.82, 2.24) is 4.57 Å². The lowest BCUT2D eigenvalue weighted by atomic mass is 10.1. The summed E-state index contributed by atoms with van der Waals surface area (Å²) in [6.45, 7) is 2.66. The second kappa shape index (κ2) is 10.6. The summed E-state index contributed by atoms with van der Waals surface area (Å²) in [7, 11) is 0. The maximum atomic E-state index is 12.7. The van der Waals surface area contributed by atoms with Crippen molar-refractivity contribution >= 4 is 61.4 Å². The van der Waals surface area contributed by atoms with Crippen LogP contribution in [0, 0.1) is 0 Å². The van der Waals surface area contributed by atoms with Gasteiger partial charge in [-0.3, -0.25) is 0 Å². The molecule has 0 amide bonds. The molecule has 1 aliphatic heterocycles. The number of thioether (sulfide) groups is 1. The van der Waals surface area contributed by atoms with Crippen molar-refractivity contribution in [3.8, 4) is 0 Å². The first-order chi connectivity index (χ1) is 17.5. The molecule has 1 N–H and O–H groups in total. The molecule has 0 bridgehead atoms. The normalized spacial score (nSPS) is 15.8. The molecule has 180 valence electrons. The number of carbonyl (C=O) groups is 1. The topological polar surface area (TPSA) is 63.8 Å². The summed E-state index contributed by atoms with van der Waals surface area (Å²) < 4.78 is 8.46. The molecular weight excluding hydrogens is 536 g/mol. The summed E-state index contributed by atoms with van der Waals surface area (Å²) >= 11 is 4.76. The zero-order valence-corrected chi connectivity index (χ0v) is 21.9. The van der Waals surface area contributed by atoms with Gasteiger partial charge in [-0.2, -0.15) is 0 Å². The van der Waals surface area contributed by atoms with Gasteiger partial charge in [-0.05, 0) is 48.9 Å². The van der Waals surface area contributed by atoms with Gasteiger partial charge in [-0.15, -0.1) is 0 Å². The number of aromatic nitrogens is 1. The molecule has 3 aromatic carbocycles. The van der Waals surface area contributed by atoms with Crippen LogP contribution in [0.2, 0.25) is 0 Å². The lowest BCUT2D eigenvalue weighted by Crippen LogP contribution is -2.12. The van der Waals surface area contributed by atoms with E-state index in [9.17, 15) is 9.90 Å². The highest BCUT2D eigenvalue weighted by Gasteiger charge is 2.33. The van der Waals surface area contributed by atoms with Crippen LogP contribution in [0.3, 0.4) is 0 Å². The molecule has 0 radical (unpaired) electrons. The fourth-order valence-electron chi connectivity index (χ4n) is 4.06. The lowest BCUT2D eigenvalue weighted by Gasteiger charge is -2.05. The average molecular weight is 559 g/mol. The van der Waals surface area contributed by atoms with Crippen LogP contribution in [0.5, 0.6) is 0 Å². The molecule has 5 nitrogen and oxygen atoms in total. The third-order valence-electron chi connectivity index (χ3n) is 5.73. The maximum absolute atomic E-state index is 12.7. The Morgan fingerprint density at radius 1 is 1.06 bits per heavy atom. The highest BCUT2D eigenvalue weighted by molar-refractivity contribution is 9.10. The monoisotopic (exact) mass is 558 g/mol. The SMILES string of the molecule is CCOC(=O)C1=C(O)/C(=C/c2cn(Cc3ccc(Br)cc3)c3ccccc23)SC1=Nc1ccccc1. The van der Waals surface area contributed by atoms with E-state index in [2.05, 4.69) is 56.0 Å². The summed E-state index contributed by atoms with van der Waals surface area (Å²) in [6.07, 6.45) is 3.98. The predicted molar refractivity (Wildman–Crippen MR) is 151 cm³/mol. The minimum Gasteiger partial charge on any atom is -0.506 e. The Hall–Kier alpha value is -3.55. The van der Waals surface area contributed by atoms with Gasteiger partial charge in [-0.1, -0.05) is 76.2 Å². The van der Waals surface area contributed by atoms with E-state index in [0.717, 1.165) is 20.9 Å². The molecule has 1 aliphatic rings. The number of esters is 1. The number of aliphatic hydroxyl groups excluding tert-OH is 1. The van der Waals surface area contributed by atoms with Crippen LogP contribution in [0.4, 0.5) is 5.69 Å². The summed E-state index contributed by atoms with van der Waals surface area (Å²) in [6, 6.07) is 25.8. The van der Waals surface area contributed by atoms with Gasteiger partial charge in [0.2, 0.25) is 0 Å². The van der Waals surface area contributed by atoms with Crippen molar-refractivity contribution in [2.24, 2.45) is 4.99 Å². The number of aliphatic imine (C=N–C) groups is 1. The van der Waals surface area contributed by atoms with Gasteiger partial charge in [0, 0.05) is 33.7 Å². The van der Waals surface area contributed by atoms with Gasteiger partial charge < -0.3 is 14.4 Å². The number of nitrogens with zero attached hydrogens (tertiary/aromatic N) is 2. The predicted octanol–water partition coefficient (Wildman–Crippen LogP) is 7.65. The summed E-state index contributed by atoms with van der Waals surface area (Å²) in [5.41, 5.74) is 4.00. The number of hydrogen-bond donors (Lipinski definition) is 1. The molecular formula is C29H23BrN2O3S. The molecule has 7 heteroatoms. The summed E-state index contributed by atoms with van der Waals surface area (Å²) in [4.78, 5) is 17.9. The number of rotatable bonds is 6. The van der Waals surface area contributed by atoms with Crippen LogP contribution in [-0.4, -0.2) is 27.3 Å². The quantitative estimate of drug-likeness (QED) is 0.247. The van der Waals surface area contributed by atoms with E-state index in [1.165, 1.54) is 17.3 Å². The van der Waals surface area contributed by atoms with Crippen LogP contribution in [0.15, 0.2) is 111 Å². The molecule has 2 heterocycles. The van der Waals surface area contributed by atoms with Gasteiger partial charge in [0.15, 0.2) is 0 Å². The first-order valence-corrected chi connectivity index (χ1v) is 13.1. The van der Waals surface area contributed by atoms with Crippen molar-refractivity contribution in [1.29, 1.82) is 0 Å². The smallest absolute Gasteiger partial charge is 0.344 e. The van der Waals surface area contributed by atoms with Gasteiger partial charge in [0.05, 0.1) is 17.2 Å². The lowest BCUT2D eigenvalue weighted by molar-refractivity contribution is -0.138. The van der Waals surface area contributed by atoms with E-state index >= 15 is 0 Å². The molecule has 0 aliphatic carbocycles. The zero-order chi connectivity index (χ0) is 25.1. The zero-order valence-electron chi connectivity index (χ0n) is 19.5. The number of benzene rings is 3. The van der Waals surface area contributed by atoms with Crippen LogP contribution in [-0.2, 0) is 16.1 Å². The molecule has 4 aromatic rings. The molecule has 0 spiro atoms. The van der Waals surface area contributed by atoms with Crippen molar-refractivity contribution in [2.45, 2.75) is 13.5 Å². The van der Waals surface area contributed by atoms with Crippen molar-refractivity contribution in [3.63, 3.8) is 0 Å². The Labute approximate surface area is 222 Å². The Kier molecular flexibility index (Phi) is 7.11. The van der Waals surface area contributed by atoms with E-state index in [1.807, 2.05) is 60.7 Å². The van der Waals surface area contributed by atoms with Gasteiger partial charge in [0.1, 0.15) is 16.4 Å². The average Bonchev–Trinajstić information content (AvgIpc) is 3.38. The number of hydrogen-bond acceptors (Lipinski definition) is 5. The minimum absolute atomic E-state index is 0.0931. The third-order valence-corrected chi connectivity index (χ3v) is 7.28. The van der Waals surface area contributed by atoms with E-state index in [1.54, 1.807) is 6.92 Å². The van der Waals surface area contributed by atoms with Gasteiger partial charge >= 0.3 is 5.97 Å². The fraction of sp³-hybridized carbons (Fsp3) is 0.103. The van der Waals surface area contributed by atoms with Crippen molar-refractivity contribution in [2.75, 3.05) is 6.61 Å².